The number of para-hydroxylation sites is 1. The molecule has 19 nitrogen and oxygen atoms in total. The van der Waals surface area contributed by atoms with Crippen LogP contribution in [0.25, 0.3) is 22.2 Å². The zero-order valence-electron chi connectivity index (χ0n) is 34.3. The number of esters is 1. The summed E-state index contributed by atoms with van der Waals surface area (Å²) in [5, 5.41) is 14.7. The Hall–Kier alpha value is -7.41. The van der Waals surface area contributed by atoms with Crippen LogP contribution in [0.4, 0.5) is 9.59 Å². The molecule has 4 N–H and O–H groups in total. The van der Waals surface area contributed by atoms with E-state index in [1.54, 1.807) is 41.0 Å². The van der Waals surface area contributed by atoms with Crippen molar-refractivity contribution in [2.45, 2.75) is 84.6 Å². The van der Waals surface area contributed by atoms with Gasteiger partial charge in [-0.1, -0.05) is 73.2 Å². The van der Waals surface area contributed by atoms with Gasteiger partial charge < -0.3 is 39.0 Å². The van der Waals surface area contributed by atoms with E-state index in [0.717, 1.165) is 53.9 Å². The minimum atomic E-state index is -1.21. The molecule has 0 aliphatic heterocycles. The van der Waals surface area contributed by atoms with Crippen LogP contribution in [0.3, 0.4) is 0 Å². The Morgan fingerprint density at radius 1 is 0.903 bits per heavy atom. The Morgan fingerprint density at radius 2 is 1.63 bits per heavy atom. The lowest BCUT2D eigenvalue weighted by Gasteiger charge is -2.22. The molecular weight excluding hydrogens is 807 g/mol. The van der Waals surface area contributed by atoms with Crippen molar-refractivity contribution >= 4 is 35.1 Å². The summed E-state index contributed by atoms with van der Waals surface area (Å²) < 4.78 is 34.4. The van der Waals surface area contributed by atoms with E-state index >= 15 is 0 Å². The number of carbonyl (C=O) groups excluding carboxylic acids is 3. The van der Waals surface area contributed by atoms with Crippen LogP contribution in [0.1, 0.15) is 79.9 Å². The third kappa shape index (κ3) is 11.7. The third-order valence-corrected chi connectivity index (χ3v) is 9.68. The molecule has 1 heterocycles. The molecule has 0 amide bonds. The van der Waals surface area contributed by atoms with Gasteiger partial charge in [0.1, 0.15) is 18.5 Å². The quantitative estimate of drug-likeness (QED) is 0.0108. The Morgan fingerprint density at radius 3 is 2.37 bits per heavy atom. The van der Waals surface area contributed by atoms with Gasteiger partial charge in [-0.3, -0.25) is 4.57 Å². The molecule has 1 fully saturated rings. The molecular formula is C43H47N7O12. The van der Waals surface area contributed by atoms with Crippen LogP contribution >= 0.6 is 0 Å². The van der Waals surface area contributed by atoms with E-state index < -0.39 is 35.9 Å². The molecule has 1 saturated carbocycles. The van der Waals surface area contributed by atoms with Crippen molar-refractivity contribution in [1.29, 1.82) is 0 Å². The zero-order valence-corrected chi connectivity index (χ0v) is 34.3. The van der Waals surface area contributed by atoms with Crippen LogP contribution in [-0.2, 0) is 36.9 Å². The number of fused-ring (bicyclic) bond motifs is 1. The second-order valence-electron chi connectivity index (χ2n) is 14.1. The van der Waals surface area contributed by atoms with E-state index in [9.17, 15) is 24.5 Å². The average molecular weight is 854 g/mol. The molecule has 326 valence electrons. The maximum absolute atomic E-state index is 13.6. The predicted molar refractivity (Wildman–Crippen MR) is 223 cm³/mol. The van der Waals surface area contributed by atoms with Gasteiger partial charge in [0.15, 0.2) is 5.84 Å². The largest absolute Gasteiger partial charge is 0.515 e. The van der Waals surface area contributed by atoms with Gasteiger partial charge in [-0.05, 0) is 86.1 Å². The number of imidazole rings is 1. The number of benzene rings is 4. The normalized spacial score (nSPS) is 14.0. The number of rotatable bonds is 17. The maximum Gasteiger partial charge on any atom is 0.515 e. The molecule has 6 rings (SSSR count). The Bertz CT molecular complexity index is 2400. The highest BCUT2D eigenvalue weighted by molar-refractivity contribution is 6.04. The van der Waals surface area contributed by atoms with Gasteiger partial charge in [0, 0.05) is 12.5 Å². The second kappa shape index (κ2) is 20.7. The zero-order chi connectivity index (χ0) is 44.2. The summed E-state index contributed by atoms with van der Waals surface area (Å²) in [6, 6.07) is 26.2. The lowest BCUT2D eigenvalue weighted by molar-refractivity contribution is -0.763. The molecule has 2 atom stereocenters. The fourth-order valence-corrected chi connectivity index (χ4v) is 6.77. The summed E-state index contributed by atoms with van der Waals surface area (Å²) in [4.78, 5) is 58.0. The van der Waals surface area contributed by atoms with Crippen LogP contribution in [0.5, 0.6) is 11.8 Å². The lowest BCUT2D eigenvalue weighted by atomic mass is 9.98. The second-order valence-corrected chi connectivity index (χ2v) is 14.1. The number of ether oxygens (including phenoxy) is 6. The van der Waals surface area contributed by atoms with E-state index in [1.165, 1.54) is 32.0 Å². The topological polar surface area (TPSA) is 244 Å². The van der Waals surface area contributed by atoms with Gasteiger partial charge in [0.2, 0.25) is 12.5 Å². The van der Waals surface area contributed by atoms with Crippen molar-refractivity contribution in [2.75, 3.05) is 6.61 Å². The highest BCUT2D eigenvalue weighted by atomic mass is 16.9. The fraction of sp³-hybridized carbons (Fsp3) is 0.326. The van der Waals surface area contributed by atoms with Crippen LogP contribution in [0.2, 0.25) is 0 Å². The molecule has 1 aliphatic carbocycles. The fourth-order valence-electron chi connectivity index (χ4n) is 6.77. The monoisotopic (exact) mass is 853 g/mol. The number of nitrogens with two attached hydrogens (primary N) is 2. The standard InChI is InChI=1S/C43H47N7O12/c1-4-56-41-46-37-19-11-18-36(40(51)59-28(3)60-43(53)61-32-13-6-5-7-14-32)38(37)48(41)25-29-20-22-31(23-21-29)34-16-8-9-17-35(34)39(44)47-49(45)27(2)58-42(52)62-33-15-10-12-30(24-33)26-57-50(54)55/h8-12,15-24,27-28,32H,4-7,13-14,25-26,45H2,1-3H3,(H2,44,47). The van der Waals surface area contributed by atoms with E-state index in [2.05, 4.69) is 14.9 Å². The summed E-state index contributed by atoms with van der Waals surface area (Å²) in [5.74, 6) is 5.50. The van der Waals surface area contributed by atoms with Crippen molar-refractivity contribution in [3.63, 3.8) is 0 Å². The first-order valence-electron chi connectivity index (χ1n) is 19.9. The van der Waals surface area contributed by atoms with Crippen molar-refractivity contribution in [3.8, 4) is 22.9 Å². The smallest absolute Gasteiger partial charge is 0.465 e. The first kappa shape index (κ1) is 44.2. The number of hydrogen-bond acceptors (Lipinski definition) is 16. The lowest BCUT2D eigenvalue weighted by Crippen LogP contribution is -2.40. The Balaban J connectivity index is 1.13. The van der Waals surface area contributed by atoms with Crippen LogP contribution < -0.4 is 21.1 Å². The summed E-state index contributed by atoms with van der Waals surface area (Å²) in [5.41, 5.74) is 10.9. The first-order chi connectivity index (χ1) is 29.9. The molecule has 0 saturated heterocycles. The highest BCUT2D eigenvalue weighted by Crippen LogP contribution is 2.29. The molecule has 5 aromatic rings. The number of amidine groups is 1. The summed E-state index contributed by atoms with van der Waals surface area (Å²) in [7, 11) is 0. The minimum Gasteiger partial charge on any atom is -0.465 e. The van der Waals surface area contributed by atoms with Crippen molar-refractivity contribution in [2.24, 2.45) is 16.7 Å². The highest BCUT2D eigenvalue weighted by Gasteiger charge is 2.25. The number of hydrazone groups is 1. The summed E-state index contributed by atoms with van der Waals surface area (Å²) >= 11 is 0. The molecule has 0 spiro atoms. The number of carbonyl (C=O) groups is 3. The van der Waals surface area contributed by atoms with Gasteiger partial charge in [-0.25, -0.2) is 20.2 Å². The predicted octanol–water partition coefficient (Wildman–Crippen LogP) is 7.20. The first-order valence-corrected chi connectivity index (χ1v) is 19.9. The molecule has 1 aromatic heterocycles. The number of aromatic nitrogens is 2. The van der Waals surface area contributed by atoms with Crippen molar-refractivity contribution in [1.82, 2.24) is 14.7 Å². The maximum atomic E-state index is 13.6. The SMILES string of the molecule is CCOc1nc2cccc(C(=O)OC(C)OC(=O)OC3CCCCC3)c2n1Cc1ccc(-c2ccccc2/C(N)=N/N(N)C(C)OC(=O)Oc2cccc(CO[N+](=O)[O-])c2)cc1. The third-order valence-electron chi connectivity index (χ3n) is 9.68. The summed E-state index contributed by atoms with van der Waals surface area (Å²) in [6.07, 6.45) is 0.110. The number of hydrazine groups is 1. The minimum absolute atomic E-state index is 0.0287. The molecule has 0 bridgehead atoms. The Kier molecular flexibility index (Phi) is 14.8. The van der Waals surface area contributed by atoms with E-state index in [-0.39, 0.29) is 36.4 Å². The van der Waals surface area contributed by atoms with Gasteiger partial charge in [-0.15, -0.1) is 15.2 Å². The van der Waals surface area contributed by atoms with Crippen LogP contribution in [0, 0.1) is 10.1 Å². The van der Waals surface area contributed by atoms with Gasteiger partial charge in [0.25, 0.3) is 11.1 Å². The van der Waals surface area contributed by atoms with Crippen LogP contribution in [-0.4, -0.2) is 69.1 Å². The van der Waals surface area contributed by atoms with Gasteiger partial charge in [0.05, 0.1) is 29.7 Å². The van der Waals surface area contributed by atoms with Crippen molar-refractivity contribution in [3.05, 3.63) is 123 Å². The van der Waals surface area contributed by atoms with Gasteiger partial charge >= 0.3 is 18.3 Å². The van der Waals surface area contributed by atoms with Crippen molar-refractivity contribution < 1.29 is 52.7 Å². The molecule has 4 aromatic carbocycles. The molecule has 2 unspecified atom stereocenters. The average Bonchev–Trinajstić information content (AvgIpc) is 3.59. The van der Waals surface area contributed by atoms with E-state index in [1.807, 2.05) is 43.3 Å². The molecule has 1 aliphatic rings. The molecule has 0 radical (unpaired) electrons. The van der Waals surface area contributed by atoms with E-state index in [0.29, 0.717) is 34.8 Å². The number of nitrogens with zero attached hydrogens (tertiary/aromatic N) is 5. The van der Waals surface area contributed by atoms with E-state index in [4.69, 9.17) is 40.0 Å². The Labute approximate surface area is 356 Å². The summed E-state index contributed by atoms with van der Waals surface area (Å²) in [6.45, 7) is 5.01. The molecule has 19 heteroatoms. The number of hydrogen-bond donors (Lipinski definition) is 2. The van der Waals surface area contributed by atoms with Gasteiger partial charge in [-0.2, -0.15) is 10.1 Å². The van der Waals surface area contributed by atoms with Crippen LogP contribution in [0.15, 0.2) is 96.1 Å². The molecule has 62 heavy (non-hydrogen) atoms.